The number of rotatable bonds is 6. The summed E-state index contributed by atoms with van der Waals surface area (Å²) >= 11 is 0. The van der Waals surface area contributed by atoms with Crippen LogP contribution in [0.15, 0.2) is 60.7 Å². The first kappa shape index (κ1) is 20.9. The number of nitrogens with one attached hydrogen (secondary N) is 1. The van der Waals surface area contributed by atoms with Crippen molar-refractivity contribution in [1.82, 2.24) is 10.2 Å². The van der Waals surface area contributed by atoms with Crippen LogP contribution in [-0.2, 0) is 9.47 Å². The van der Waals surface area contributed by atoms with E-state index < -0.39 is 11.9 Å². The zero-order valence-electron chi connectivity index (χ0n) is 17.7. The molecule has 1 aliphatic heterocycles. The van der Waals surface area contributed by atoms with Gasteiger partial charge >= 0.3 is 6.09 Å². The largest absolute Gasteiger partial charge is 0.474 e. The number of hydrogen-bond acceptors (Lipinski definition) is 6. The molecule has 0 unspecified atom stereocenters. The highest BCUT2D eigenvalue weighted by atomic mass is 16.7. The fourth-order valence-corrected chi connectivity index (χ4v) is 3.29. The van der Waals surface area contributed by atoms with Gasteiger partial charge in [-0.05, 0) is 45.0 Å². The summed E-state index contributed by atoms with van der Waals surface area (Å²) < 4.78 is 22.8. The van der Waals surface area contributed by atoms with Gasteiger partial charge in [0.1, 0.15) is 24.3 Å². The zero-order valence-corrected chi connectivity index (χ0v) is 17.7. The number of nitrogens with zero attached hydrogens (tertiary/aromatic N) is 2. The van der Waals surface area contributed by atoms with Gasteiger partial charge in [0.05, 0.1) is 17.9 Å². The van der Waals surface area contributed by atoms with Crippen molar-refractivity contribution in [3.05, 3.63) is 66.2 Å². The monoisotopic (exact) mass is 423 g/mol. The van der Waals surface area contributed by atoms with Gasteiger partial charge in [-0.2, -0.15) is 0 Å². The second-order valence-corrected chi connectivity index (χ2v) is 7.62. The predicted molar refractivity (Wildman–Crippen MR) is 115 cm³/mol. The average Bonchev–Trinajstić information content (AvgIpc) is 3.30. The zero-order chi connectivity index (χ0) is 21.8. The number of H-pyrrole nitrogens is 1. The van der Waals surface area contributed by atoms with E-state index in [-0.39, 0.29) is 12.7 Å². The second kappa shape index (κ2) is 8.79. The molecule has 1 fully saturated rings. The maximum atomic E-state index is 13.1. The SMILES string of the molecule is Cc1c(OC[C@H]2COC(C)(C)O2)n[nH]c1N(C(=O)Oc1ccccc1)c1ccccc1. The maximum Gasteiger partial charge on any atom is 0.425 e. The van der Waals surface area contributed by atoms with Crippen LogP contribution >= 0.6 is 0 Å². The topological polar surface area (TPSA) is 85.9 Å². The molecule has 0 bridgehead atoms. The molecule has 1 N–H and O–H groups in total. The number of aromatic nitrogens is 2. The summed E-state index contributed by atoms with van der Waals surface area (Å²) in [5.41, 5.74) is 1.31. The van der Waals surface area contributed by atoms with Gasteiger partial charge in [-0.3, -0.25) is 5.10 Å². The molecule has 4 rings (SSSR count). The molecule has 1 atom stereocenters. The van der Waals surface area contributed by atoms with Crippen LogP contribution in [0.25, 0.3) is 0 Å². The summed E-state index contributed by atoms with van der Waals surface area (Å²) in [5, 5.41) is 7.16. The summed E-state index contributed by atoms with van der Waals surface area (Å²) in [6.45, 7) is 6.29. The minimum absolute atomic E-state index is 0.192. The lowest BCUT2D eigenvalue weighted by molar-refractivity contribution is -0.141. The number of amides is 1. The molecule has 0 radical (unpaired) electrons. The summed E-state index contributed by atoms with van der Waals surface area (Å²) in [6.07, 6.45) is -0.757. The highest BCUT2D eigenvalue weighted by Crippen LogP contribution is 2.32. The van der Waals surface area contributed by atoms with Gasteiger partial charge in [0.2, 0.25) is 5.88 Å². The van der Waals surface area contributed by atoms with E-state index in [0.717, 1.165) is 0 Å². The minimum Gasteiger partial charge on any atom is -0.474 e. The first-order valence-electron chi connectivity index (χ1n) is 10.0. The Kier molecular flexibility index (Phi) is 5.92. The van der Waals surface area contributed by atoms with Crippen LogP contribution in [0.2, 0.25) is 0 Å². The summed E-state index contributed by atoms with van der Waals surface area (Å²) in [5.74, 6) is 0.677. The molecule has 1 saturated heterocycles. The summed E-state index contributed by atoms with van der Waals surface area (Å²) in [6, 6.07) is 18.1. The molecule has 8 nitrogen and oxygen atoms in total. The van der Waals surface area contributed by atoms with Crippen LogP contribution in [-0.4, -0.2) is 41.4 Å². The van der Waals surface area contributed by atoms with Crippen molar-refractivity contribution >= 4 is 17.6 Å². The van der Waals surface area contributed by atoms with Gasteiger partial charge in [-0.25, -0.2) is 9.69 Å². The van der Waals surface area contributed by atoms with Gasteiger partial charge < -0.3 is 18.9 Å². The van der Waals surface area contributed by atoms with Crippen molar-refractivity contribution in [1.29, 1.82) is 0 Å². The van der Waals surface area contributed by atoms with Crippen molar-refractivity contribution in [2.75, 3.05) is 18.1 Å². The Labute approximate surface area is 180 Å². The molecule has 31 heavy (non-hydrogen) atoms. The highest BCUT2D eigenvalue weighted by molar-refractivity contribution is 5.97. The normalized spacial score (nSPS) is 17.3. The van der Waals surface area contributed by atoms with Crippen molar-refractivity contribution in [3.63, 3.8) is 0 Å². The Morgan fingerprint density at radius 1 is 1.16 bits per heavy atom. The molecule has 2 aromatic carbocycles. The second-order valence-electron chi connectivity index (χ2n) is 7.62. The minimum atomic E-state index is -0.620. The smallest absolute Gasteiger partial charge is 0.425 e. The third-order valence-electron chi connectivity index (χ3n) is 4.78. The lowest BCUT2D eigenvalue weighted by Gasteiger charge is -2.21. The molecule has 3 aromatic rings. The molecule has 1 amide bonds. The number of carbonyl (C=O) groups is 1. The van der Waals surface area contributed by atoms with E-state index in [4.69, 9.17) is 18.9 Å². The van der Waals surface area contributed by atoms with Crippen LogP contribution in [0, 0.1) is 6.92 Å². The Morgan fingerprint density at radius 3 is 2.48 bits per heavy atom. The maximum absolute atomic E-state index is 13.1. The van der Waals surface area contributed by atoms with Crippen molar-refractivity contribution in [2.45, 2.75) is 32.7 Å². The van der Waals surface area contributed by atoms with Gasteiger partial charge in [0, 0.05) is 0 Å². The van der Waals surface area contributed by atoms with E-state index in [1.54, 1.807) is 24.3 Å². The fraction of sp³-hybridized carbons (Fsp3) is 0.304. The molecule has 1 aliphatic rings. The molecular weight excluding hydrogens is 398 g/mol. The molecule has 1 aromatic heterocycles. The van der Waals surface area contributed by atoms with Crippen LogP contribution in [0.5, 0.6) is 11.6 Å². The van der Waals surface area contributed by atoms with Crippen molar-refractivity contribution < 1.29 is 23.7 Å². The Balaban J connectivity index is 1.55. The van der Waals surface area contributed by atoms with Gasteiger partial charge in [-0.15, -0.1) is 5.10 Å². The van der Waals surface area contributed by atoms with Gasteiger partial charge in [0.25, 0.3) is 0 Å². The van der Waals surface area contributed by atoms with Crippen LogP contribution in [0.1, 0.15) is 19.4 Å². The van der Waals surface area contributed by atoms with Crippen molar-refractivity contribution in [2.24, 2.45) is 0 Å². The van der Waals surface area contributed by atoms with E-state index in [1.165, 1.54) is 4.90 Å². The van der Waals surface area contributed by atoms with E-state index in [0.29, 0.717) is 35.3 Å². The number of ether oxygens (including phenoxy) is 4. The fourth-order valence-electron chi connectivity index (χ4n) is 3.29. The Bertz CT molecular complexity index is 1020. The predicted octanol–water partition coefficient (Wildman–Crippen LogP) is 4.59. The molecule has 2 heterocycles. The molecule has 0 saturated carbocycles. The third-order valence-corrected chi connectivity index (χ3v) is 4.78. The number of benzene rings is 2. The van der Waals surface area contributed by atoms with E-state index in [2.05, 4.69) is 10.2 Å². The standard InChI is InChI=1S/C23H25N3O5/c1-16-20(24-25-21(16)28-14-19-15-29-23(2,3)31-19)26(17-10-6-4-7-11-17)22(27)30-18-12-8-5-9-13-18/h4-13,19H,14-15H2,1-3H3,(H,24,25)/t19-/m0/s1. The van der Waals surface area contributed by atoms with E-state index in [1.807, 2.05) is 57.2 Å². The highest BCUT2D eigenvalue weighted by Gasteiger charge is 2.33. The summed E-state index contributed by atoms with van der Waals surface area (Å²) in [4.78, 5) is 14.5. The van der Waals surface area contributed by atoms with Crippen LogP contribution in [0.3, 0.4) is 0 Å². The van der Waals surface area contributed by atoms with Crippen LogP contribution < -0.4 is 14.4 Å². The Morgan fingerprint density at radius 2 is 1.84 bits per heavy atom. The van der Waals surface area contributed by atoms with Gasteiger partial charge in [0.15, 0.2) is 5.79 Å². The number of aromatic amines is 1. The van der Waals surface area contributed by atoms with Crippen LogP contribution in [0.4, 0.5) is 16.3 Å². The lowest BCUT2D eigenvalue weighted by atomic mass is 10.2. The first-order chi connectivity index (χ1) is 14.9. The molecular formula is C23H25N3O5. The number of para-hydroxylation sites is 2. The van der Waals surface area contributed by atoms with Crippen molar-refractivity contribution in [3.8, 4) is 11.6 Å². The molecule has 8 heteroatoms. The van der Waals surface area contributed by atoms with Gasteiger partial charge in [-0.1, -0.05) is 36.4 Å². The molecule has 162 valence electrons. The number of anilines is 2. The first-order valence-corrected chi connectivity index (χ1v) is 10.0. The third kappa shape index (κ3) is 4.87. The number of hydrogen-bond donors (Lipinski definition) is 1. The number of carbonyl (C=O) groups excluding carboxylic acids is 1. The lowest BCUT2D eigenvalue weighted by Crippen LogP contribution is -2.30. The summed E-state index contributed by atoms with van der Waals surface area (Å²) in [7, 11) is 0. The van der Waals surface area contributed by atoms with E-state index in [9.17, 15) is 4.79 Å². The quantitative estimate of drug-likeness (QED) is 0.624. The average molecular weight is 423 g/mol. The molecule has 0 aliphatic carbocycles. The molecule has 0 spiro atoms. The van der Waals surface area contributed by atoms with E-state index >= 15 is 0 Å². The Hall–Kier alpha value is -3.36.